The standard InChI is InChI=1S/C3H5N3OS/c4-2-1-7-6-3(2)8-5/h1H,4-5H2. The van der Waals surface area contributed by atoms with Crippen LogP contribution in [-0.2, 0) is 0 Å². The lowest BCUT2D eigenvalue weighted by atomic mass is 10.6. The van der Waals surface area contributed by atoms with Gasteiger partial charge in [0, 0.05) is 0 Å². The molecular formula is C3H5N3OS. The molecule has 1 aromatic heterocycles. The Morgan fingerprint density at radius 3 is 2.75 bits per heavy atom. The number of rotatable bonds is 1. The van der Waals surface area contributed by atoms with Gasteiger partial charge in [0.1, 0.15) is 12.0 Å². The normalized spacial score (nSPS) is 9.62. The predicted octanol–water partition coefficient (Wildman–Crippen LogP) is 0.223. The quantitative estimate of drug-likeness (QED) is 0.533. The van der Waals surface area contributed by atoms with E-state index in [0.717, 1.165) is 11.9 Å². The molecule has 8 heavy (non-hydrogen) atoms. The number of nitrogens with two attached hydrogens (primary N) is 2. The van der Waals surface area contributed by atoms with Crippen molar-refractivity contribution in [3.63, 3.8) is 0 Å². The SMILES string of the molecule is NSc1nocc1N. The van der Waals surface area contributed by atoms with E-state index in [2.05, 4.69) is 9.68 Å². The monoisotopic (exact) mass is 131 g/mol. The summed E-state index contributed by atoms with van der Waals surface area (Å²) in [5.41, 5.74) is 5.78. The lowest BCUT2D eigenvalue weighted by Gasteiger charge is -1.82. The van der Waals surface area contributed by atoms with E-state index in [4.69, 9.17) is 10.9 Å². The summed E-state index contributed by atoms with van der Waals surface area (Å²) in [5.74, 6) is 0. The molecule has 1 aromatic rings. The molecule has 0 atom stereocenters. The average Bonchev–Trinajstić information content (AvgIpc) is 2.14. The van der Waals surface area contributed by atoms with Crippen LogP contribution >= 0.6 is 11.9 Å². The Balaban J connectivity index is 2.92. The fourth-order valence-corrected chi connectivity index (χ4v) is 0.594. The zero-order chi connectivity index (χ0) is 5.98. The summed E-state index contributed by atoms with van der Waals surface area (Å²) in [6.07, 6.45) is 1.34. The number of nitrogens with zero attached hydrogens (tertiary/aromatic N) is 1. The van der Waals surface area contributed by atoms with E-state index in [-0.39, 0.29) is 0 Å². The Labute approximate surface area is 50.3 Å². The molecule has 0 radical (unpaired) electrons. The van der Waals surface area contributed by atoms with Crippen molar-refractivity contribution in [2.24, 2.45) is 5.14 Å². The van der Waals surface area contributed by atoms with Crippen molar-refractivity contribution in [2.45, 2.75) is 5.03 Å². The summed E-state index contributed by atoms with van der Waals surface area (Å²) in [5, 5.41) is 9.11. The fraction of sp³-hybridized carbons (Fsp3) is 0. The summed E-state index contributed by atoms with van der Waals surface area (Å²) in [6, 6.07) is 0. The molecule has 0 aromatic carbocycles. The number of hydrogen-bond donors (Lipinski definition) is 2. The summed E-state index contributed by atoms with van der Waals surface area (Å²) < 4.78 is 4.46. The summed E-state index contributed by atoms with van der Waals surface area (Å²) in [7, 11) is 0. The van der Waals surface area contributed by atoms with E-state index in [9.17, 15) is 0 Å². The van der Waals surface area contributed by atoms with E-state index >= 15 is 0 Å². The minimum atomic E-state index is 0.484. The molecule has 44 valence electrons. The maximum atomic E-state index is 5.29. The van der Waals surface area contributed by atoms with Gasteiger partial charge < -0.3 is 10.3 Å². The second-order valence-electron chi connectivity index (χ2n) is 1.19. The Hall–Kier alpha value is -0.680. The molecule has 0 fully saturated rings. The van der Waals surface area contributed by atoms with Crippen LogP contribution in [0.4, 0.5) is 5.69 Å². The molecule has 4 nitrogen and oxygen atoms in total. The molecule has 0 spiro atoms. The van der Waals surface area contributed by atoms with E-state index in [1.54, 1.807) is 0 Å². The van der Waals surface area contributed by atoms with Crippen LogP contribution in [0, 0.1) is 0 Å². The van der Waals surface area contributed by atoms with Gasteiger partial charge in [0.15, 0.2) is 5.03 Å². The second-order valence-corrected chi connectivity index (χ2v) is 1.82. The Bertz CT molecular complexity index is 175. The summed E-state index contributed by atoms with van der Waals surface area (Å²) in [6.45, 7) is 0. The van der Waals surface area contributed by atoms with Gasteiger partial charge in [0.25, 0.3) is 0 Å². The van der Waals surface area contributed by atoms with Crippen LogP contribution in [0.15, 0.2) is 15.8 Å². The number of aromatic nitrogens is 1. The van der Waals surface area contributed by atoms with Crippen LogP contribution in [0.2, 0.25) is 0 Å². The maximum absolute atomic E-state index is 5.29. The van der Waals surface area contributed by atoms with Crippen molar-refractivity contribution in [1.29, 1.82) is 0 Å². The maximum Gasteiger partial charge on any atom is 0.177 e. The van der Waals surface area contributed by atoms with Crippen LogP contribution < -0.4 is 10.9 Å². The second kappa shape index (κ2) is 2.06. The molecule has 1 heterocycles. The third-order valence-electron chi connectivity index (χ3n) is 0.674. The Morgan fingerprint density at radius 2 is 2.50 bits per heavy atom. The van der Waals surface area contributed by atoms with Gasteiger partial charge in [-0.2, -0.15) is 0 Å². The molecule has 5 heteroatoms. The van der Waals surface area contributed by atoms with Crippen LogP contribution in [-0.4, -0.2) is 5.16 Å². The van der Waals surface area contributed by atoms with E-state index in [1.807, 2.05) is 0 Å². The van der Waals surface area contributed by atoms with E-state index in [1.165, 1.54) is 6.26 Å². The first-order valence-electron chi connectivity index (χ1n) is 1.91. The van der Waals surface area contributed by atoms with Crippen LogP contribution in [0.3, 0.4) is 0 Å². The molecule has 4 N–H and O–H groups in total. The third kappa shape index (κ3) is 0.775. The summed E-state index contributed by atoms with van der Waals surface area (Å²) >= 11 is 0.972. The molecule has 0 amide bonds. The minimum Gasteiger partial charge on any atom is -0.394 e. The highest BCUT2D eigenvalue weighted by atomic mass is 32.2. The van der Waals surface area contributed by atoms with Gasteiger partial charge in [-0.3, -0.25) is 5.14 Å². The van der Waals surface area contributed by atoms with Gasteiger partial charge in [-0.25, -0.2) is 0 Å². The van der Waals surface area contributed by atoms with Crippen molar-refractivity contribution in [3.8, 4) is 0 Å². The highest BCUT2D eigenvalue weighted by molar-refractivity contribution is 7.97. The first-order valence-corrected chi connectivity index (χ1v) is 2.79. The first-order chi connectivity index (χ1) is 3.84. The van der Waals surface area contributed by atoms with E-state index in [0.29, 0.717) is 10.7 Å². The zero-order valence-corrected chi connectivity index (χ0v) is 4.81. The topological polar surface area (TPSA) is 78.1 Å². The van der Waals surface area contributed by atoms with Crippen molar-refractivity contribution < 1.29 is 4.52 Å². The highest BCUT2D eigenvalue weighted by Gasteiger charge is 1.99. The van der Waals surface area contributed by atoms with Crippen LogP contribution in [0.5, 0.6) is 0 Å². The molecule has 0 aliphatic carbocycles. The first kappa shape index (κ1) is 5.46. The molecule has 1 rings (SSSR count). The predicted molar refractivity (Wildman–Crippen MR) is 31.0 cm³/mol. The number of anilines is 1. The molecule has 0 unspecified atom stereocenters. The van der Waals surface area contributed by atoms with Gasteiger partial charge >= 0.3 is 0 Å². The van der Waals surface area contributed by atoms with Crippen LogP contribution in [0.25, 0.3) is 0 Å². The summed E-state index contributed by atoms with van der Waals surface area (Å²) in [4.78, 5) is 0. The van der Waals surface area contributed by atoms with Gasteiger partial charge in [-0.15, -0.1) is 0 Å². The molecule has 0 aliphatic heterocycles. The number of nitrogen functional groups attached to an aromatic ring is 1. The van der Waals surface area contributed by atoms with Crippen LogP contribution in [0.1, 0.15) is 0 Å². The van der Waals surface area contributed by atoms with Crippen molar-refractivity contribution in [3.05, 3.63) is 6.26 Å². The lowest BCUT2D eigenvalue weighted by molar-refractivity contribution is 0.404. The minimum absolute atomic E-state index is 0.484. The Kier molecular flexibility index (Phi) is 1.40. The zero-order valence-electron chi connectivity index (χ0n) is 4.00. The van der Waals surface area contributed by atoms with E-state index < -0.39 is 0 Å². The third-order valence-corrected chi connectivity index (χ3v) is 1.21. The van der Waals surface area contributed by atoms with Gasteiger partial charge in [-0.1, -0.05) is 5.16 Å². The van der Waals surface area contributed by atoms with Gasteiger partial charge in [-0.05, 0) is 11.9 Å². The average molecular weight is 131 g/mol. The van der Waals surface area contributed by atoms with Crippen molar-refractivity contribution >= 4 is 17.6 Å². The highest BCUT2D eigenvalue weighted by Crippen LogP contribution is 2.16. The molecule has 0 saturated carbocycles. The Morgan fingerprint density at radius 1 is 1.75 bits per heavy atom. The smallest absolute Gasteiger partial charge is 0.177 e. The molecular weight excluding hydrogens is 126 g/mol. The largest absolute Gasteiger partial charge is 0.394 e. The molecule has 0 saturated heterocycles. The van der Waals surface area contributed by atoms with Gasteiger partial charge in [0.2, 0.25) is 0 Å². The van der Waals surface area contributed by atoms with Crippen molar-refractivity contribution in [1.82, 2.24) is 5.16 Å². The lowest BCUT2D eigenvalue weighted by Crippen LogP contribution is -1.86. The molecule has 0 aliphatic rings. The fourth-order valence-electron chi connectivity index (χ4n) is 0.324. The molecule has 0 bridgehead atoms. The number of hydrogen-bond acceptors (Lipinski definition) is 5. The van der Waals surface area contributed by atoms with Crippen molar-refractivity contribution in [2.75, 3.05) is 5.73 Å². The van der Waals surface area contributed by atoms with Gasteiger partial charge in [0.05, 0.1) is 0 Å².